The first-order valence-corrected chi connectivity index (χ1v) is 8.29. The molecule has 2 aliphatic heterocycles. The third kappa shape index (κ3) is 2.10. The minimum absolute atomic E-state index is 0.0808. The van der Waals surface area contributed by atoms with E-state index in [1.165, 1.54) is 0 Å². The molecule has 0 aliphatic carbocycles. The number of sulfone groups is 1. The molecule has 102 valence electrons. The number of ketones is 1. The van der Waals surface area contributed by atoms with E-state index in [0.29, 0.717) is 18.4 Å². The predicted octanol–water partition coefficient (Wildman–Crippen LogP) is 1.93. The highest BCUT2D eigenvalue weighted by Gasteiger charge is 2.48. The average Bonchev–Trinajstić information content (AvgIpc) is 2.58. The topological polar surface area (TPSA) is 64.1 Å². The molecule has 5 heteroatoms. The molecular weight excluding hydrogens is 262 g/mol. The van der Waals surface area contributed by atoms with E-state index in [0.717, 1.165) is 18.5 Å². The lowest BCUT2D eigenvalue weighted by Gasteiger charge is -2.26. The van der Waals surface area contributed by atoms with Crippen molar-refractivity contribution < 1.29 is 13.2 Å². The number of Topliss-reactive ketones (excluding diaryl/α,β-unsaturated/α-hetero) is 1. The van der Waals surface area contributed by atoms with Gasteiger partial charge in [-0.2, -0.15) is 0 Å². The van der Waals surface area contributed by atoms with E-state index in [2.05, 4.69) is 4.98 Å². The van der Waals surface area contributed by atoms with Crippen molar-refractivity contribution in [3.05, 3.63) is 29.6 Å². The van der Waals surface area contributed by atoms with Crippen molar-refractivity contribution in [1.29, 1.82) is 0 Å². The van der Waals surface area contributed by atoms with E-state index in [9.17, 15) is 13.2 Å². The van der Waals surface area contributed by atoms with E-state index >= 15 is 0 Å². The van der Waals surface area contributed by atoms with Crippen molar-refractivity contribution >= 4 is 15.6 Å². The molecule has 0 spiro atoms. The zero-order chi connectivity index (χ0) is 13.6. The van der Waals surface area contributed by atoms with Crippen LogP contribution in [0.3, 0.4) is 0 Å². The molecule has 3 heterocycles. The van der Waals surface area contributed by atoms with Gasteiger partial charge in [-0.15, -0.1) is 0 Å². The first-order valence-electron chi connectivity index (χ1n) is 6.68. The SMILES string of the molecule is Cc1cc(C(=O)C2CC3CCC(C2)S3(=O)=O)ccn1. The van der Waals surface area contributed by atoms with Gasteiger partial charge in [-0.05, 0) is 44.7 Å². The van der Waals surface area contributed by atoms with Gasteiger partial charge in [0.25, 0.3) is 0 Å². The van der Waals surface area contributed by atoms with Crippen molar-refractivity contribution in [2.24, 2.45) is 5.92 Å². The highest BCUT2D eigenvalue weighted by molar-refractivity contribution is 7.93. The Labute approximate surface area is 113 Å². The summed E-state index contributed by atoms with van der Waals surface area (Å²) in [6.07, 6.45) is 4.09. The maximum atomic E-state index is 12.5. The molecule has 0 N–H and O–H groups in total. The molecule has 2 fully saturated rings. The van der Waals surface area contributed by atoms with Crippen molar-refractivity contribution in [3.8, 4) is 0 Å². The molecule has 19 heavy (non-hydrogen) atoms. The summed E-state index contributed by atoms with van der Waals surface area (Å²) in [7, 11) is -2.95. The zero-order valence-corrected chi connectivity index (χ0v) is 11.7. The van der Waals surface area contributed by atoms with Crippen LogP contribution < -0.4 is 0 Å². The number of carbonyl (C=O) groups is 1. The standard InChI is InChI=1S/C14H17NO3S/c1-9-6-10(4-5-15-9)14(16)11-7-12-2-3-13(8-11)19(12,17)18/h4-6,11-13H,2-3,7-8H2,1H3. The minimum Gasteiger partial charge on any atom is -0.294 e. The summed E-state index contributed by atoms with van der Waals surface area (Å²) in [6, 6.07) is 3.51. The summed E-state index contributed by atoms with van der Waals surface area (Å²) in [6.45, 7) is 1.85. The predicted molar refractivity (Wildman–Crippen MR) is 71.8 cm³/mol. The Morgan fingerprint density at radius 1 is 1.26 bits per heavy atom. The third-order valence-electron chi connectivity index (χ3n) is 4.39. The van der Waals surface area contributed by atoms with Gasteiger partial charge in [-0.3, -0.25) is 9.78 Å². The van der Waals surface area contributed by atoms with Crippen molar-refractivity contribution in [2.45, 2.75) is 43.1 Å². The Morgan fingerprint density at radius 3 is 2.47 bits per heavy atom. The van der Waals surface area contributed by atoms with Crippen molar-refractivity contribution in [3.63, 3.8) is 0 Å². The number of hydrogen-bond acceptors (Lipinski definition) is 4. The lowest BCUT2D eigenvalue weighted by atomic mass is 9.90. The molecule has 2 bridgehead atoms. The highest BCUT2D eigenvalue weighted by atomic mass is 32.2. The molecule has 1 aromatic heterocycles. The summed E-state index contributed by atoms with van der Waals surface area (Å²) in [4.78, 5) is 16.5. The number of pyridine rings is 1. The summed E-state index contributed by atoms with van der Waals surface area (Å²) in [5.41, 5.74) is 1.48. The van der Waals surface area contributed by atoms with E-state index in [1.54, 1.807) is 18.3 Å². The fourth-order valence-electron chi connectivity index (χ4n) is 3.36. The van der Waals surface area contributed by atoms with E-state index in [1.807, 2.05) is 6.92 Å². The molecule has 3 rings (SSSR count). The van der Waals surface area contributed by atoms with Gasteiger partial charge < -0.3 is 0 Å². The molecule has 1 aromatic rings. The monoisotopic (exact) mass is 279 g/mol. The van der Waals surface area contributed by atoms with Crippen LogP contribution in [0.5, 0.6) is 0 Å². The second kappa shape index (κ2) is 4.40. The average molecular weight is 279 g/mol. The molecule has 0 amide bonds. The van der Waals surface area contributed by atoms with Gasteiger partial charge in [0, 0.05) is 23.4 Å². The van der Waals surface area contributed by atoms with Gasteiger partial charge in [0.1, 0.15) is 0 Å². The van der Waals surface area contributed by atoms with E-state index in [-0.39, 0.29) is 22.2 Å². The summed E-state index contributed by atoms with van der Waals surface area (Å²) >= 11 is 0. The summed E-state index contributed by atoms with van der Waals surface area (Å²) < 4.78 is 24.0. The number of aryl methyl sites for hydroxylation is 1. The minimum atomic E-state index is -2.95. The van der Waals surface area contributed by atoms with Crippen LogP contribution >= 0.6 is 0 Å². The number of rotatable bonds is 2. The Kier molecular flexibility index (Phi) is 2.96. The van der Waals surface area contributed by atoms with Crippen LogP contribution in [0.15, 0.2) is 18.3 Å². The zero-order valence-electron chi connectivity index (χ0n) is 10.9. The maximum absolute atomic E-state index is 12.5. The molecule has 0 radical (unpaired) electrons. The number of hydrogen-bond donors (Lipinski definition) is 0. The van der Waals surface area contributed by atoms with Gasteiger partial charge >= 0.3 is 0 Å². The number of fused-ring (bicyclic) bond motifs is 2. The number of carbonyl (C=O) groups excluding carboxylic acids is 1. The highest BCUT2D eigenvalue weighted by Crippen LogP contribution is 2.42. The Balaban J connectivity index is 1.84. The normalized spacial score (nSPS) is 32.2. The van der Waals surface area contributed by atoms with Crippen LogP contribution in [0.25, 0.3) is 0 Å². The molecule has 4 nitrogen and oxygen atoms in total. The van der Waals surface area contributed by atoms with E-state index in [4.69, 9.17) is 0 Å². The largest absolute Gasteiger partial charge is 0.294 e. The van der Waals surface area contributed by atoms with Crippen LogP contribution in [0.4, 0.5) is 0 Å². The summed E-state index contributed by atoms with van der Waals surface area (Å²) in [5, 5.41) is -0.578. The first kappa shape index (κ1) is 12.8. The third-order valence-corrected chi connectivity index (χ3v) is 7.10. The van der Waals surface area contributed by atoms with Gasteiger partial charge in [0.15, 0.2) is 15.6 Å². The fraction of sp³-hybridized carbons (Fsp3) is 0.571. The maximum Gasteiger partial charge on any atom is 0.166 e. The van der Waals surface area contributed by atoms with Gasteiger partial charge in [0.05, 0.1) is 10.5 Å². The van der Waals surface area contributed by atoms with Gasteiger partial charge in [-0.1, -0.05) is 0 Å². The van der Waals surface area contributed by atoms with Crippen LogP contribution in [-0.4, -0.2) is 29.7 Å². The second-order valence-electron chi connectivity index (χ2n) is 5.63. The smallest absolute Gasteiger partial charge is 0.166 e. The summed E-state index contributed by atoms with van der Waals surface area (Å²) in [5.74, 6) is -0.0554. The lowest BCUT2D eigenvalue weighted by Crippen LogP contribution is -2.36. The molecule has 2 saturated heterocycles. The number of aromatic nitrogens is 1. The molecule has 0 aromatic carbocycles. The Hall–Kier alpha value is -1.23. The van der Waals surface area contributed by atoms with Crippen LogP contribution in [-0.2, 0) is 9.84 Å². The Morgan fingerprint density at radius 2 is 1.89 bits per heavy atom. The van der Waals surface area contributed by atoms with Crippen molar-refractivity contribution in [1.82, 2.24) is 4.98 Å². The number of nitrogens with zero attached hydrogens (tertiary/aromatic N) is 1. The second-order valence-corrected chi connectivity index (χ2v) is 8.14. The van der Waals surface area contributed by atoms with Crippen molar-refractivity contribution in [2.75, 3.05) is 0 Å². The molecule has 2 unspecified atom stereocenters. The van der Waals surface area contributed by atoms with E-state index < -0.39 is 9.84 Å². The lowest BCUT2D eigenvalue weighted by molar-refractivity contribution is 0.0905. The van der Waals surface area contributed by atoms with Crippen LogP contribution in [0.2, 0.25) is 0 Å². The molecule has 2 atom stereocenters. The van der Waals surface area contributed by atoms with Crippen LogP contribution in [0, 0.1) is 12.8 Å². The quantitative estimate of drug-likeness (QED) is 0.776. The van der Waals surface area contributed by atoms with Crippen LogP contribution in [0.1, 0.15) is 41.7 Å². The Bertz CT molecular complexity index is 603. The van der Waals surface area contributed by atoms with Gasteiger partial charge in [-0.25, -0.2) is 8.42 Å². The van der Waals surface area contributed by atoms with Gasteiger partial charge in [0.2, 0.25) is 0 Å². The molecule has 2 aliphatic rings. The fourth-order valence-corrected chi connectivity index (χ4v) is 5.83. The first-order chi connectivity index (χ1) is 8.98. The molecular formula is C14H17NO3S. The molecule has 0 saturated carbocycles.